The largest absolute Gasteiger partial charge is 0.370 e. The lowest BCUT2D eigenvalue weighted by molar-refractivity contribution is 0.379. The van der Waals surface area contributed by atoms with E-state index in [9.17, 15) is 0 Å². The zero-order valence-electron chi connectivity index (χ0n) is 14.2. The Morgan fingerprint density at radius 2 is 1.71 bits per heavy atom. The highest BCUT2D eigenvalue weighted by atomic mass is 15.1. The molecule has 1 aromatic rings. The van der Waals surface area contributed by atoms with E-state index in [1.807, 2.05) is 0 Å². The summed E-state index contributed by atoms with van der Waals surface area (Å²) in [7, 11) is 0. The van der Waals surface area contributed by atoms with Gasteiger partial charge in [-0.25, -0.2) is 9.97 Å². The van der Waals surface area contributed by atoms with E-state index in [-0.39, 0.29) is 0 Å². The minimum Gasteiger partial charge on any atom is -0.370 e. The first kappa shape index (κ1) is 16.1. The lowest BCUT2D eigenvalue weighted by Gasteiger charge is -2.22. The molecule has 0 amide bonds. The van der Waals surface area contributed by atoms with Gasteiger partial charge in [0, 0.05) is 25.1 Å². The van der Waals surface area contributed by atoms with Crippen LogP contribution in [0.3, 0.4) is 0 Å². The zero-order chi connectivity index (χ0) is 15.5. The molecule has 0 unspecified atom stereocenters. The molecular weight excluding hydrogens is 260 g/mol. The first-order valence-corrected chi connectivity index (χ1v) is 8.37. The van der Waals surface area contributed by atoms with Gasteiger partial charge in [0.05, 0.1) is 0 Å². The maximum Gasteiger partial charge on any atom is 0.134 e. The number of hydrogen-bond donors (Lipinski definition) is 2. The van der Waals surface area contributed by atoms with Crippen LogP contribution in [-0.2, 0) is 6.42 Å². The molecule has 4 nitrogen and oxygen atoms in total. The Bertz CT molecular complexity index is 478. The van der Waals surface area contributed by atoms with Gasteiger partial charge < -0.3 is 10.6 Å². The first-order chi connectivity index (χ1) is 10.0. The van der Waals surface area contributed by atoms with Gasteiger partial charge in [-0.15, -0.1) is 0 Å². The number of aryl methyl sites for hydroxylation is 1. The molecule has 0 spiro atoms. The van der Waals surface area contributed by atoms with Gasteiger partial charge in [0.25, 0.3) is 0 Å². The van der Waals surface area contributed by atoms with Crippen molar-refractivity contribution in [1.82, 2.24) is 9.97 Å². The van der Waals surface area contributed by atoms with E-state index in [2.05, 4.69) is 55.2 Å². The lowest BCUT2D eigenvalue weighted by atomic mass is 9.92. The summed E-state index contributed by atoms with van der Waals surface area (Å²) in [5.74, 6) is 3.64. The molecule has 1 fully saturated rings. The molecule has 2 rings (SSSR count). The van der Waals surface area contributed by atoms with Crippen LogP contribution in [-0.4, -0.2) is 23.1 Å². The van der Waals surface area contributed by atoms with Crippen molar-refractivity contribution in [2.24, 2.45) is 11.3 Å². The number of nitrogens with one attached hydrogen (secondary N) is 2. The van der Waals surface area contributed by atoms with Crippen molar-refractivity contribution < 1.29 is 0 Å². The molecule has 0 atom stereocenters. The normalized spacial score (nSPS) is 16.1. The summed E-state index contributed by atoms with van der Waals surface area (Å²) in [5, 5.41) is 7.02. The van der Waals surface area contributed by atoms with Gasteiger partial charge in [0.15, 0.2) is 0 Å². The summed E-state index contributed by atoms with van der Waals surface area (Å²) in [6.45, 7) is 13.0. The molecule has 0 saturated heterocycles. The molecule has 1 aromatic heterocycles. The summed E-state index contributed by atoms with van der Waals surface area (Å²) in [6.07, 6.45) is 4.64. The molecule has 1 saturated carbocycles. The lowest BCUT2D eigenvalue weighted by Crippen LogP contribution is -2.22. The highest BCUT2D eigenvalue weighted by Gasteiger charge is 2.45. The van der Waals surface area contributed by atoms with Crippen LogP contribution in [0, 0.1) is 18.3 Å². The molecule has 4 heteroatoms. The number of aromatic nitrogens is 2. The average Bonchev–Trinajstić information content (AvgIpc) is 3.26. The smallest absolute Gasteiger partial charge is 0.134 e. The van der Waals surface area contributed by atoms with Crippen LogP contribution in [0.5, 0.6) is 0 Å². The maximum absolute atomic E-state index is 4.69. The highest BCUT2D eigenvalue weighted by Crippen LogP contribution is 2.51. The Labute approximate surface area is 129 Å². The van der Waals surface area contributed by atoms with Gasteiger partial charge in [0.2, 0.25) is 0 Å². The predicted molar refractivity (Wildman–Crippen MR) is 89.9 cm³/mol. The van der Waals surface area contributed by atoms with E-state index >= 15 is 0 Å². The highest BCUT2D eigenvalue weighted by molar-refractivity contribution is 5.57. The fraction of sp³-hybridized carbons (Fsp3) is 0.765. The van der Waals surface area contributed by atoms with E-state index in [4.69, 9.17) is 0 Å². The van der Waals surface area contributed by atoms with Gasteiger partial charge in [-0.05, 0) is 37.5 Å². The first-order valence-electron chi connectivity index (χ1n) is 8.37. The van der Waals surface area contributed by atoms with Crippen LogP contribution in [0.15, 0.2) is 0 Å². The minimum atomic E-state index is 0.487. The van der Waals surface area contributed by atoms with Crippen molar-refractivity contribution in [3.05, 3.63) is 11.4 Å². The summed E-state index contributed by atoms with van der Waals surface area (Å²) in [4.78, 5) is 9.31. The van der Waals surface area contributed by atoms with Crippen LogP contribution < -0.4 is 10.6 Å². The number of rotatable bonds is 8. The molecule has 1 heterocycles. The summed E-state index contributed by atoms with van der Waals surface area (Å²) < 4.78 is 0. The van der Waals surface area contributed by atoms with Crippen LogP contribution in [0.25, 0.3) is 0 Å². The minimum absolute atomic E-state index is 0.487. The zero-order valence-corrected chi connectivity index (χ0v) is 14.2. The fourth-order valence-corrected chi connectivity index (χ4v) is 2.69. The third-order valence-electron chi connectivity index (χ3n) is 4.78. The molecule has 0 bridgehead atoms. The van der Waals surface area contributed by atoms with Crippen molar-refractivity contribution in [2.75, 3.05) is 23.7 Å². The van der Waals surface area contributed by atoms with E-state index in [0.717, 1.165) is 54.9 Å². The molecule has 0 radical (unpaired) electrons. The Kier molecular flexibility index (Phi) is 5.07. The molecule has 118 valence electrons. The van der Waals surface area contributed by atoms with Gasteiger partial charge in [0.1, 0.15) is 17.5 Å². The van der Waals surface area contributed by atoms with Crippen molar-refractivity contribution in [1.29, 1.82) is 0 Å². The van der Waals surface area contributed by atoms with Crippen molar-refractivity contribution in [3.63, 3.8) is 0 Å². The Morgan fingerprint density at radius 3 is 2.19 bits per heavy atom. The summed E-state index contributed by atoms with van der Waals surface area (Å²) >= 11 is 0. The topological polar surface area (TPSA) is 49.8 Å². The molecule has 0 aromatic carbocycles. The second kappa shape index (κ2) is 6.63. The number of hydrogen-bond acceptors (Lipinski definition) is 4. The van der Waals surface area contributed by atoms with Crippen LogP contribution >= 0.6 is 0 Å². The van der Waals surface area contributed by atoms with Crippen LogP contribution in [0.4, 0.5) is 11.6 Å². The summed E-state index contributed by atoms with van der Waals surface area (Å²) in [5.41, 5.74) is 1.63. The number of anilines is 2. The second-order valence-electron chi connectivity index (χ2n) is 6.61. The third-order valence-corrected chi connectivity index (χ3v) is 4.78. The maximum atomic E-state index is 4.69. The molecular formula is C17H30N4. The average molecular weight is 290 g/mol. The van der Waals surface area contributed by atoms with Gasteiger partial charge in [-0.3, -0.25) is 0 Å². The Morgan fingerprint density at radius 1 is 1.10 bits per heavy atom. The standard InChI is InChI=1S/C17H30N4/c1-6-10-18-15-13(5)16(21-14(7-2)20-15)19-11-17(8-9-17)12(3)4/h12H,6-11H2,1-5H3,(H2,18,19,20,21). The van der Waals surface area contributed by atoms with Crippen molar-refractivity contribution in [3.8, 4) is 0 Å². The molecule has 2 N–H and O–H groups in total. The van der Waals surface area contributed by atoms with Gasteiger partial charge >= 0.3 is 0 Å². The Balaban J connectivity index is 2.14. The third kappa shape index (κ3) is 3.66. The van der Waals surface area contributed by atoms with Gasteiger partial charge in [-0.1, -0.05) is 27.7 Å². The summed E-state index contributed by atoms with van der Waals surface area (Å²) in [6, 6.07) is 0. The Hall–Kier alpha value is -1.32. The molecule has 1 aliphatic carbocycles. The second-order valence-corrected chi connectivity index (χ2v) is 6.61. The van der Waals surface area contributed by atoms with E-state index in [0.29, 0.717) is 5.41 Å². The monoisotopic (exact) mass is 290 g/mol. The van der Waals surface area contributed by atoms with Gasteiger partial charge in [-0.2, -0.15) is 0 Å². The molecule has 1 aliphatic rings. The van der Waals surface area contributed by atoms with E-state index in [1.54, 1.807) is 0 Å². The number of nitrogens with zero attached hydrogens (tertiary/aromatic N) is 2. The SMILES string of the molecule is CCCNc1nc(CC)nc(NCC2(C(C)C)CC2)c1C. The van der Waals surface area contributed by atoms with E-state index in [1.165, 1.54) is 12.8 Å². The fourth-order valence-electron chi connectivity index (χ4n) is 2.69. The van der Waals surface area contributed by atoms with Crippen LogP contribution in [0.2, 0.25) is 0 Å². The van der Waals surface area contributed by atoms with E-state index < -0.39 is 0 Å². The predicted octanol–water partition coefficient (Wildman–Crippen LogP) is 4.02. The van der Waals surface area contributed by atoms with Crippen molar-refractivity contribution in [2.45, 2.75) is 60.3 Å². The quantitative estimate of drug-likeness (QED) is 0.759. The van der Waals surface area contributed by atoms with Crippen LogP contribution in [0.1, 0.15) is 58.3 Å². The van der Waals surface area contributed by atoms with Crippen molar-refractivity contribution >= 4 is 11.6 Å². The molecule has 21 heavy (non-hydrogen) atoms. The molecule has 0 aliphatic heterocycles.